The van der Waals surface area contributed by atoms with Gasteiger partial charge in [0.15, 0.2) is 0 Å². The summed E-state index contributed by atoms with van der Waals surface area (Å²) >= 11 is 0. The molecule has 1 atom stereocenters. The van der Waals surface area contributed by atoms with E-state index in [0.717, 1.165) is 25.9 Å². The van der Waals surface area contributed by atoms with E-state index in [4.69, 9.17) is 0 Å². The summed E-state index contributed by atoms with van der Waals surface area (Å²) in [6.07, 6.45) is 5.66. The fourth-order valence-corrected chi connectivity index (χ4v) is 2.90. The third-order valence-corrected chi connectivity index (χ3v) is 3.89. The minimum absolute atomic E-state index is 0.0415. The average Bonchev–Trinajstić information content (AvgIpc) is 2.90. The molecule has 21 heavy (non-hydrogen) atoms. The first-order chi connectivity index (χ1) is 9.85. The van der Waals surface area contributed by atoms with Crippen LogP contribution in [0.25, 0.3) is 0 Å². The molecule has 1 saturated heterocycles. The molecule has 0 spiro atoms. The van der Waals surface area contributed by atoms with Crippen LogP contribution >= 0.6 is 0 Å². The molecule has 1 aliphatic heterocycles. The molecule has 0 aliphatic carbocycles. The molecule has 1 aromatic rings. The monoisotopic (exact) mass is 294 g/mol. The number of amides is 1. The average molecular weight is 294 g/mol. The van der Waals surface area contributed by atoms with E-state index in [1.807, 2.05) is 15.8 Å². The first-order valence-corrected chi connectivity index (χ1v) is 7.67. The SMILES string of the molecule is CC(C)(C)CC(O)CC(=O)N1CCC(n2ccnn2)CC1. The maximum absolute atomic E-state index is 12.2. The fourth-order valence-electron chi connectivity index (χ4n) is 2.90. The van der Waals surface area contributed by atoms with Crippen LogP contribution in [0.5, 0.6) is 0 Å². The minimum Gasteiger partial charge on any atom is -0.393 e. The molecule has 0 bridgehead atoms. The molecule has 2 rings (SSSR count). The van der Waals surface area contributed by atoms with Gasteiger partial charge in [-0.15, -0.1) is 5.10 Å². The lowest BCUT2D eigenvalue weighted by Gasteiger charge is -2.32. The number of piperidine rings is 1. The summed E-state index contributed by atoms with van der Waals surface area (Å²) < 4.78 is 1.87. The number of aliphatic hydroxyl groups excluding tert-OH is 1. The Kier molecular flexibility index (Phi) is 4.98. The van der Waals surface area contributed by atoms with Crippen LogP contribution in [0.1, 0.15) is 52.5 Å². The lowest BCUT2D eigenvalue weighted by Crippen LogP contribution is -2.40. The predicted molar refractivity (Wildman–Crippen MR) is 79.6 cm³/mol. The fraction of sp³-hybridized carbons (Fsp3) is 0.800. The van der Waals surface area contributed by atoms with Gasteiger partial charge < -0.3 is 10.0 Å². The zero-order chi connectivity index (χ0) is 15.5. The number of rotatable bonds is 4. The van der Waals surface area contributed by atoms with Crippen molar-refractivity contribution in [2.24, 2.45) is 5.41 Å². The Morgan fingerprint density at radius 3 is 2.57 bits per heavy atom. The van der Waals surface area contributed by atoms with Gasteiger partial charge in [-0.1, -0.05) is 26.0 Å². The van der Waals surface area contributed by atoms with E-state index in [9.17, 15) is 9.90 Å². The third-order valence-electron chi connectivity index (χ3n) is 3.89. The van der Waals surface area contributed by atoms with Gasteiger partial charge in [-0.05, 0) is 24.7 Å². The smallest absolute Gasteiger partial charge is 0.225 e. The van der Waals surface area contributed by atoms with Gasteiger partial charge in [-0.25, -0.2) is 4.68 Å². The Balaban J connectivity index is 1.78. The molecule has 118 valence electrons. The van der Waals surface area contributed by atoms with Crippen molar-refractivity contribution in [1.29, 1.82) is 0 Å². The van der Waals surface area contributed by atoms with Gasteiger partial charge in [0, 0.05) is 19.3 Å². The molecule has 6 heteroatoms. The Labute approximate surface area is 126 Å². The molecule has 1 N–H and O–H groups in total. The van der Waals surface area contributed by atoms with Crippen molar-refractivity contribution in [1.82, 2.24) is 19.9 Å². The van der Waals surface area contributed by atoms with E-state index in [2.05, 4.69) is 31.1 Å². The Morgan fingerprint density at radius 1 is 1.38 bits per heavy atom. The van der Waals surface area contributed by atoms with Crippen molar-refractivity contribution in [2.45, 2.75) is 58.6 Å². The summed E-state index contributed by atoms with van der Waals surface area (Å²) in [6.45, 7) is 7.68. The zero-order valence-electron chi connectivity index (χ0n) is 13.2. The second-order valence-electron chi connectivity index (χ2n) is 7.12. The van der Waals surface area contributed by atoms with E-state index >= 15 is 0 Å². The van der Waals surface area contributed by atoms with Gasteiger partial charge in [-0.2, -0.15) is 0 Å². The molecule has 2 heterocycles. The molecular weight excluding hydrogens is 268 g/mol. The number of aromatic nitrogens is 3. The Bertz CT molecular complexity index is 445. The number of aliphatic hydroxyl groups is 1. The molecule has 0 saturated carbocycles. The first kappa shape index (κ1) is 15.9. The summed E-state index contributed by atoms with van der Waals surface area (Å²) in [6, 6.07) is 0.330. The third kappa shape index (κ3) is 4.81. The summed E-state index contributed by atoms with van der Waals surface area (Å²) in [5, 5.41) is 17.9. The van der Waals surface area contributed by atoms with E-state index in [-0.39, 0.29) is 17.7 Å². The van der Waals surface area contributed by atoms with Crippen LogP contribution in [0.2, 0.25) is 0 Å². The van der Waals surface area contributed by atoms with Gasteiger partial charge in [0.1, 0.15) is 0 Å². The zero-order valence-corrected chi connectivity index (χ0v) is 13.2. The topological polar surface area (TPSA) is 71.2 Å². The van der Waals surface area contributed by atoms with Gasteiger partial charge in [0.2, 0.25) is 5.91 Å². The standard InChI is InChI=1S/C15H26N4O2/c1-15(2,3)11-13(20)10-14(21)18-7-4-12(5-8-18)19-9-6-16-17-19/h6,9,12-13,20H,4-5,7-8,10-11H2,1-3H3. The molecule has 0 radical (unpaired) electrons. The van der Waals surface area contributed by atoms with E-state index in [1.165, 1.54) is 0 Å². The highest BCUT2D eigenvalue weighted by molar-refractivity contribution is 5.76. The van der Waals surface area contributed by atoms with Crippen molar-refractivity contribution < 1.29 is 9.90 Å². The lowest BCUT2D eigenvalue weighted by atomic mass is 9.88. The van der Waals surface area contributed by atoms with Crippen molar-refractivity contribution >= 4 is 5.91 Å². The van der Waals surface area contributed by atoms with Crippen molar-refractivity contribution in [2.75, 3.05) is 13.1 Å². The summed E-state index contributed by atoms with van der Waals surface area (Å²) in [4.78, 5) is 14.1. The molecule has 1 fully saturated rings. The van der Waals surface area contributed by atoms with Crippen molar-refractivity contribution in [3.63, 3.8) is 0 Å². The number of carbonyl (C=O) groups excluding carboxylic acids is 1. The van der Waals surface area contributed by atoms with E-state index < -0.39 is 6.10 Å². The van der Waals surface area contributed by atoms with Crippen LogP contribution in [-0.4, -0.2) is 50.1 Å². The highest BCUT2D eigenvalue weighted by Crippen LogP contribution is 2.24. The second kappa shape index (κ2) is 6.56. The second-order valence-corrected chi connectivity index (χ2v) is 7.12. The number of nitrogens with zero attached hydrogens (tertiary/aromatic N) is 4. The van der Waals surface area contributed by atoms with Gasteiger partial charge in [0.25, 0.3) is 0 Å². The highest BCUT2D eigenvalue weighted by Gasteiger charge is 2.26. The van der Waals surface area contributed by atoms with Gasteiger partial charge in [-0.3, -0.25) is 4.79 Å². The first-order valence-electron chi connectivity index (χ1n) is 7.67. The molecule has 1 aromatic heterocycles. The number of hydrogen-bond donors (Lipinski definition) is 1. The van der Waals surface area contributed by atoms with Crippen LogP contribution in [-0.2, 0) is 4.79 Å². The van der Waals surface area contributed by atoms with Crippen molar-refractivity contribution in [3.8, 4) is 0 Å². The van der Waals surface area contributed by atoms with E-state index in [0.29, 0.717) is 12.5 Å². The maximum atomic E-state index is 12.2. The molecule has 6 nitrogen and oxygen atoms in total. The van der Waals surface area contributed by atoms with Crippen molar-refractivity contribution in [3.05, 3.63) is 12.4 Å². The van der Waals surface area contributed by atoms with Gasteiger partial charge >= 0.3 is 0 Å². The Morgan fingerprint density at radius 2 is 2.05 bits per heavy atom. The van der Waals surface area contributed by atoms with Gasteiger partial charge in [0.05, 0.1) is 24.8 Å². The van der Waals surface area contributed by atoms with E-state index in [1.54, 1.807) is 6.20 Å². The molecule has 1 aliphatic rings. The summed E-state index contributed by atoms with van der Waals surface area (Å²) in [5.74, 6) is 0.0591. The maximum Gasteiger partial charge on any atom is 0.225 e. The number of hydrogen-bond acceptors (Lipinski definition) is 4. The van der Waals surface area contributed by atoms with Crippen LogP contribution in [0.3, 0.4) is 0 Å². The number of carbonyl (C=O) groups is 1. The predicted octanol–water partition coefficient (Wildman–Crippen LogP) is 1.63. The largest absolute Gasteiger partial charge is 0.393 e. The summed E-state index contributed by atoms with van der Waals surface area (Å²) in [7, 11) is 0. The van der Waals surface area contributed by atoms with Crippen LogP contribution in [0.15, 0.2) is 12.4 Å². The number of likely N-dealkylation sites (tertiary alicyclic amines) is 1. The van der Waals surface area contributed by atoms with Crippen LogP contribution in [0.4, 0.5) is 0 Å². The Hall–Kier alpha value is -1.43. The molecular formula is C15H26N4O2. The quantitative estimate of drug-likeness (QED) is 0.916. The molecule has 0 aromatic carbocycles. The van der Waals surface area contributed by atoms with Crippen LogP contribution < -0.4 is 0 Å². The molecule has 1 unspecified atom stereocenters. The normalized spacial score (nSPS) is 18.8. The molecule has 1 amide bonds. The minimum atomic E-state index is -0.550. The van der Waals surface area contributed by atoms with Crippen LogP contribution in [0, 0.1) is 5.41 Å². The summed E-state index contributed by atoms with van der Waals surface area (Å²) in [5.41, 5.74) is 0.0415. The highest BCUT2D eigenvalue weighted by atomic mass is 16.3. The lowest BCUT2D eigenvalue weighted by molar-refractivity contribution is -0.134.